The normalized spacial score (nSPS) is 22.1. The molecule has 0 bridgehead atoms. The number of rotatable bonds is 5. The highest BCUT2D eigenvalue weighted by Gasteiger charge is 2.34. The van der Waals surface area contributed by atoms with Crippen LogP contribution in [0, 0.1) is 5.92 Å². The fourth-order valence-electron chi connectivity index (χ4n) is 2.21. The van der Waals surface area contributed by atoms with Gasteiger partial charge in [0.05, 0.1) is 4.99 Å². The Labute approximate surface area is 131 Å². The van der Waals surface area contributed by atoms with E-state index in [-0.39, 0.29) is 27.3 Å². The molecule has 1 fully saturated rings. The molecule has 1 saturated carbocycles. The summed E-state index contributed by atoms with van der Waals surface area (Å²) in [4.78, 5) is 11.2. The number of hydrogen-bond acceptors (Lipinski definition) is 7. The van der Waals surface area contributed by atoms with Crippen LogP contribution in [0.5, 0.6) is 0 Å². The molecule has 0 spiro atoms. The highest BCUT2D eigenvalue weighted by Crippen LogP contribution is 2.28. The van der Waals surface area contributed by atoms with Gasteiger partial charge >= 0.3 is 0 Å². The van der Waals surface area contributed by atoms with Crippen molar-refractivity contribution in [2.75, 3.05) is 5.32 Å². The molecule has 0 aliphatic heterocycles. The van der Waals surface area contributed by atoms with E-state index in [0.717, 1.165) is 24.2 Å². The molecule has 8 nitrogen and oxygen atoms in total. The second-order valence-corrected chi connectivity index (χ2v) is 8.06. The van der Waals surface area contributed by atoms with Gasteiger partial charge in [0.25, 0.3) is 10.0 Å². The van der Waals surface area contributed by atoms with Crippen molar-refractivity contribution in [3.63, 3.8) is 0 Å². The summed E-state index contributed by atoms with van der Waals surface area (Å²) in [5, 5.41) is 9.74. The van der Waals surface area contributed by atoms with E-state index in [1.807, 2.05) is 0 Å². The van der Waals surface area contributed by atoms with Crippen LogP contribution in [0.25, 0.3) is 0 Å². The van der Waals surface area contributed by atoms with Gasteiger partial charge in [-0.2, -0.15) is 0 Å². The molecule has 2 unspecified atom stereocenters. The molecule has 1 aromatic rings. The Bertz CT molecular complexity index is 657. The van der Waals surface area contributed by atoms with Crippen molar-refractivity contribution in [2.24, 2.45) is 11.7 Å². The Balaban J connectivity index is 2.13. The largest absolute Gasteiger partial charge is 0.393 e. The maximum atomic E-state index is 12.3. The molecule has 1 aliphatic carbocycles. The van der Waals surface area contributed by atoms with Gasteiger partial charge in [-0.15, -0.1) is 10.2 Å². The van der Waals surface area contributed by atoms with Crippen LogP contribution < -0.4 is 15.8 Å². The van der Waals surface area contributed by atoms with Gasteiger partial charge in [0, 0.05) is 18.9 Å². The maximum absolute atomic E-state index is 12.3. The van der Waals surface area contributed by atoms with Crippen molar-refractivity contribution in [3.8, 4) is 0 Å². The molecular weight excluding hydrogens is 334 g/mol. The van der Waals surface area contributed by atoms with Crippen molar-refractivity contribution in [3.05, 3.63) is 0 Å². The first-order valence-corrected chi connectivity index (χ1v) is 8.93. The lowest BCUT2D eigenvalue weighted by Crippen LogP contribution is -2.41. The zero-order chi connectivity index (χ0) is 15.6. The van der Waals surface area contributed by atoms with Crippen molar-refractivity contribution in [1.82, 2.24) is 14.9 Å². The van der Waals surface area contributed by atoms with E-state index in [9.17, 15) is 13.2 Å². The number of thiocarbonyl (C=S) groups is 1. The Morgan fingerprint density at radius 2 is 2.14 bits per heavy atom. The number of anilines is 1. The predicted molar refractivity (Wildman–Crippen MR) is 82.4 cm³/mol. The summed E-state index contributed by atoms with van der Waals surface area (Å²) in [6.07, 6.45) is 2.32. The summed E-state index contributed by atoms with van der Waals surface area (Å²) in [7, 11) is -3.80. The third-order valence-corrected chi connectivity index (χ3v) is 6.11. The van der Waals surface area contributed by atoms with E-state index >= 15 is 0 Å². The first-order chi connectivity index (χ1) is 9.79. The number of aromatic nitrogens is 2. The second-order valence-electron chi connectivity index (χ2n) is 4.72. The first-order valence-electron chi connectivity index (χ1n) is 6.22. The molecule has 11 heteroatoms. The summed E-state index contributed by atoms with van der Waals surface area (Å²) < 4.78 is 26.9. The molecule has 1 aliphatic rings. The predicted octanol–water partition coefficient (Wildman–Crippen LogP) is 0.230. The zero-order valence-electron chi connectivity index (χ0n) is 11.2. The molecule has 0 saturated heterocycles. The van der Waals surface area contributed by atoms with Crippen molar-refractivity contribution in [2.45, 2.75) is 36.6 Å². The molecular formula is C10H15N5O3S3. The highest BCUT2D eigenvalue weighted by atomic mass is 32.2. The third kappa shape index (κ3) is 3.93. The van der Waals surface area contributed by atoms with E-state index in [4.69, 9.17) is 18.0 Å². The van der Waals surface area contributed by atoms with Gasteiger partial charge in [-0.05, 0) is 12.8 Å². The Kier molecular flexibility index (Phi) is 4.86. The van der Waals surface area contributed by atoms with Crippen LogP contribution in [0.4, 0.5) is 5.13 Å². The number of carbonyl (C=O) groups is 1. The number of carbonyl (C=O) groups excluding carboxylic acids is 1. The minimum atomic E-state index is -3.80. The Morgan fingerprint density at radius 1 is 1.43 bits per heavy atom. The van der Waals surface area contributed by atoms with Crippen LogP contribution in [-0.2, 0) is 14.8 Å². The lowest BCUT2D eigenvalue weighted by atomic mass is 10.1. The summed E-state index contributed by atoms with van der Waals surface area (Å²) in [6, 6.07) is -0.319. The molecule has 1 amide bonds. The number of nitrogens with one attached hydrogen (secondary N) is 2. The van der Waals surface area contributed by atoms with Gasteiger partial charge in [0.15, 0.2) is 0 Å². The molecule has 1 aromatic heterocycles. The first kappa shape index (κ1) is 16.2. The van der Waals surface area contributed by atoms with E-state index in [1.165, 1.54) is 6.92 Å². The number of sulfonamides is 1. The van der Waals surface area contributed by atoms with Crippen LogP contribution >= 0.6 is 23.6 Å². The van der Waals surface area contributed by atoms with Gasteiger partial charge in [-0.3, -0.25) is 4.79 Å². The fraction of sp³-hybridized carbons (Fsp3) is 0.600. The second kappa shape index (κ2) is 6.30. The van der Waals surface area contributed by atoms with Gasteiger partial charge in [-0.25, -0.2) is 13.1 Å². The monoisotopic (exact) mass is 349 g/mol. The Morgan fingerprint density at radius 3 is 2.76 bits per heavy atom. The average Bonchev–Trinajstić information content (AvgIpc) is 2.96. The molecule has 2 atom stereocenters. The zero-order valence-corrected chi connectivity index (χ0v) is 13.6. The van der Waals surface area contributed by atoms with Gasteiger partial charge < -0.3 is 11.1 Å². The molecule has 0 radical (unpaired) electrons. The van der Waals surface area contributed by atoms with Gasteiger partial charge in [0.1, 0.15) is 0 Å². The molecule has 4 N–H and O–H groups in total. The molecule has 116 valence electrons. The molecule has 0 aromatic carbocycles. The summed E-state index contributed by atoms with van der Waals surface area (Å²) in [5.41, 5.74) is 5.63. The van der Waals surface area contributed by atoms with E-state index in [2.05, 4.69) is 20.2 Å². The fourth-order valence-corrected chi connectivity index (χ4v) is 4.77. The van der Waals surface area contributed by atoms with E-state index in [0.29, 0.717) is 11.4 Å². The molecule has 1 heterocycles. The van der Waals surface area contributed by atoms with E-state index in [1.54, 1.807) is 0 Å². The third-order valence-electron chi connectivity index (χ3n) is 3.11. The van der Waals surface area contributed by atoms with Crippen molar-refractivity contribution in [1.29, 1.82) is 0 Å². The topological polar surface area (TPSA) is 127 Å². The minimum Gasteiger partial charge on any atom is -0.393 e. The number of amides is 1. The SMILES string of the molecule is CC(=O)Nc1nnc(S(=O)(=O)NC2CCCC2C(N)=S)s1. The average molecular weight is 349 g/mol. The van der Waals surface area contributed by atoms with Crippen LogP contribution in [0.3, 0.4) is 0 Å². The molecule has 21 heavy (non-hydrogen) atoms. The number of nitrogens with two attached hydrogens (primary N) is 1. The van der Waals surface area contributed by atoms with Crippen molar-refractivity contribution < 1.29 is 13.2 Å². The van der Waals surface area contributed by atoms with Crippen LogP contribution in [0.1, 0.15) is 26.2 Å². The molecule has 2 rings (SSSR count). The standard InChI is InChI=1S/C10H15N5O3S3/c1-5(16)12-9-13-14-10(20-9)21(17,18)15-7-4-2-3-6(7)8(11)19/h6-7,15H,2-4H2,1H3,(H2,11,19)(H,12,13,16). The number of hydrogen-bond donors (Lipinski definition) is 3. The smallest absolute Gasteiger partial charge is 0.270 e. The van der Waals surface area contributed by atoms with Crippen LogP contribution in [0.15, 0.2) is 4.34 Å². The number of nitrogens with zero attached hydrogens (tertiary/aromatic N) is 2. The summed E-state index contributed by atoms with van der Waals surface area (Å²) in [6.45, 7) is 1.30. The Hall–Kier alpha value is -1.17. The van der Waals surface area contributed by atoms with Crippen LogP contribution in [-0.4, -0.2) is 35.6 Å². The lowest BCUT2D eigenvalue weighted by molar-refractivity contribution is -0.114. The highest BCUT2D eigenvalue weighted by molar-refractivity contribution is 7.91. The lowest BCUT2D eigenvalue weighted by Gasteiger charge is -2.18. The van der Waals surface area contributed by atoms with Crippen LogP contribution in [0.2, 0.25) is 0 Å². The minimum absolute atomic E-state index is 0.139. The maximum Gasteiger partial charge on any atom is 0.270 e. The van der Waals surface area contributed by atoms with E-state index < -0.39 is 10.0 Å². The quantitative estimate of drug-likeness (QED) is 0.513. The summed E-state index contributed by atoms with van der Waals surface area (Å²) in [5.74, 6) is -0.482. The van der Waals surface area contributed by atoms with Gasteiger partial charge in [0.2, 0.25) is 15.4 Å². The van der Waals surface area contributed by atoms with Crippen molar-refractivity contribution >= 4 is 49.6 Å². The summed E-state index contributed by atoms with van der Waals surface area (Å²) >= 11 is 5.75. The van der Waals surface area contributed by atoms with Gasteiger partial charge in [-0.1, -0.05) is 30.0 Å².